The fraction of sp³-hybridized carbons (Fsp3) is 0.679. The van der Waals surface area contributed by atoms with Crippen molar-refractivity contribution in [2.45, 2.75) is 341 Å². The van der Waals surface area contributed by atoms with E-state index in [9.17, 15) is 14.7 Å². The minimum absolute atomic E-state index is 0.0712. The molecule has 0 fully saturated rings. The van der Waals surface area contributed by atoms with Gasteiger partial charge in [0, 0.05) is 12.8 Å². The van der Waals surface area contributed by atoms with Crippen molar-refractivity contribution in [3.8, 4) is 0 Å². The van der Waals surface area contributed by atoms with E-state index in [1.165, 1.54) is 199 Å². The molecule has 5 heteroatoms. The normalized spacial score (nSPS) is 13.1. The number of ether oxygens (including phenoxy) is 2. The molecule has 1 N–H and O–H groups in total. The smallest absolute Gasteiger partial charge is 0.306 e. The largest absolute Gasteiger partial charge is 0.462 e. The van der Waals surface area contributed by atoms with Crippen LogP contribution in [-0.2, 0) is 19.1 Å². The molecule has 1 unspecified atom stereocenters. The maximum Gasteiger partial charge on any atom is 0.306 e. The van der Waals surface area contributed by atoms with Crippen molar-refractivity contribution in [3.63, 3.8) is 0 Å². The molecule has 0 aromatic carbocycles. The number of esters is 2. The molecule has 0 aromatic rings. The first kappa shape index (κ1) is 81.8. The molecule has 1 atom stereocenters. The number of hydrogen-bond donors (Lipinski definition) is 1. The van der Waals surface area contributed by atoms with Crippen LogP contribution >= 0.6 is 0 Å². The second-order valence-electron chi connectivity index (χ2n) is 23.9. The Hall–Kier alpha value is -4.22. The van der Waals surface area contributed by atoms with Crippen LogP contribution in [0, 0.1) is 0 Å². The standard InChI is InChI=1S/C81H136O5/c1-3-5-7-9-11-13-15-17-19-21-23-25-27-29-31-33-35-37-38-39-40-41-42-44-46-48-50-52-54-56-58-60-62-64-66-68-70-72-74-76-81(84)86-79(77-82)78-85-80(83)75-73-71-69-67-65-63-61-59-57-55-53-51-49-47-45-43-36-34-32-30-28-26-24-22-20-18-16-14-12-10-8-6-4-2/h5,7,11,13,16-19,22-25,28-31,35,37,39-40,42,44,48,50,79,82H,3-4,6,8-10,12,14-15,20-21,26-27,32-34,36,38,41,43,45-47,49,51-78H2,1-2H3/b7-5-,13-11-,18-16-,19-17-,24-22-,25-23-,30-28-,31-29-,37-35-,40-39-,44-42-,50-48-. The van der Waals surface area contributed by atoms with E-state index in [1.807, 2.05) is 0 Å². The number of aliphatic hydroxyl groups excluding tert-OH is 1. The van der Waals surface area contributed by atoms with Gasteiger partial charge in [0.1, 0.15) is 6.61 Å². The van der Waals surface area contributed by atoms with Crippen LogP contribution in [0.5, 0.6) is 0 Å². The molecule has 0 saturated heterocycles. The minimum Gasteiger partial charge on any atom is -0.462 e. The predicted octanol–water partition coefficient (Wildman–Crippen LogP) is 25.7. The monoisotopic (exact) mass is 1190 g/mol. The summed E-state index contributed by atoms with van der Waals surface area (Å²) in [5.41, 5.74) is 0. The van der Waals surface area contributed by atoms with Crippen LogP contribution in [0.2, 0.25) is 0 Å². The maximum absolute atomic E-state index is 12.4. The Morgan fingerprint density at radius 1 is 0.279 bits per heavy atom. The van der Waals surface area contributed by atoms with Crippen LogP contribution in [0.15, 0.2) is 146 Å². The molecule has 0 spiro atoms. The molecule has 0 saturated carbocycles. The van der Waals surface area contributed by atoms with Crippen LogP contribution < -0.4 is 0 Å². The SMILES string of the molecule is CC/C=C\C/C=C\C/C=C\C/C=C\C/C=C\C/C=C\C/C=C\C/C=C\C/C=C\CCCCCCCCCCCCCC(=O)OC(CO)COC(=O)CCCCCCCCCCCCCCCCCCCC/C=C\C/C=C\C/C=C\CCCCCCC. The van der Waals surface area contributed by atoms with E-state index < -0.39 is 6.10 Å². The van der Waals surface area contributed by atoms with Crippen molar-refractivity contribution >= 4 is 11.9 Å². The summed E-state index contributed by atoms with van der Waals surface area (Å²) < 4.78 is 10.8. The maximum atomic E-state index is 12.4. The van der Waals surface area contributed by atoms with Crippen LogP contribution in [-0.4, -0.2) is 36.4 Å². The highest BCUT2D eigenvalue weighted by Gasteiger charge is 2.16. The average Bonchev–Trinajstić information content (AvgIpc) is 3.55. The molecule has 0 aliphatic carbocycles. The first-order chi connectivity index (χ1) is 42.6. The third kappa shape index (κ3) is 72.3. The quantitative estimate of drug-likeness (QED) is 0.0373. The molecule has 0 aromatic heterocycles. The number of rotatable bonds is 66. The summed E-state index contributed by atoms with van der Waals surface area (Å²) in [7, 11) is 0. The van der Waals surface area contributed by atoms with Gasteiger partial charge in [0.25, 0.3) is 0 Å². The van der Waals surface area contributed by atoms with Gasteiger partial charge in [-0.05, 0) is 122 Å². The first-order valence-electron chi connectivity index (χ1n) is 36.4. The van der Waals surface area contributed by atoms with Crippen molar-refractivity contribution < 1.29 is 24.2 Å². The number of carbonyl (C=O) groups is 2. The van der Waals surface area contributed by atoms with E-state index in [4.69, 9.17) is 9.47 Å². The number of hydrogen-bond acceptors (Lipinski definition) is 5. The molecule has 0 bridgehead atoms. The summed E-state index contributed by atoms with van der Waals surface area (Å²) >= 11 is 0. The van der Waals surface area contributed by atoms with Gasteiger partial charge < -0.3 is 14.6 Å². The van der Waals surface area contributed by atoms with Gasteiger partial charge in [-0.1, -0.05) is 346 Å². The molecule has 86 heavy (non-hydrogen) atoms. The predicted molar refractivity (Wildman–Crippen MR) is 380 cm³/mol. The van der Waals surface area contributed by atoms with E-state index in [0.717, 1.165) is 109 Å². The second kappa shape index (κ2) is 75.0. The van der Waals surface area contributed by atoms with E-state index in [2.05, 4.69) is 160 Å². The highest BCUT2D eigenvalue weighted by atomic mass is 16.6. The highest BCUT2D eigenvalue weighted by Crippen LogP contribution is 2.17. The van der Waals surface area contributed by atoms with Crippen molar-refractivity contribution in [3.05, 3.63) is 146 Å². The zero-order valence-corrected chi connectivity index (χ0v) is 56.3. The number of aliphatic hydroxyl groups is 1. The molecule has 0 radical (unpaired) electrons. The Morgan fingerprint density at radius 3 is 0.756 bits per heavy atom. The van der Waals surface area contributed by atoms with Gasteiger partial charge in [0.15, 0.2) is 6.10 Å². The summed E-state index contributed by atoms with van der Waals surface area (Å²) in [6.45, 7) is 4.04. The molecule has 0 aliphatic rings. The second-order valence-corrected chi connectivity index (χ2v) is 23.9. The Balaban J connectivity index is 3.51. The van der Waals surface area contributed by atoms with Gasteiger partial charge in [-0.15, -0.1) is 0 Å². The van der Waals surface area contributed by atoms with Crippen molar-refractivity contribution in [2.75, 3.05) is 13.2 Å². The lowest BCUT2D eigenvalue weighted by Crippen LogP contribution is -2.28. The fourth-order valence-electron chi connectivity index (χ4n) is 10.2. The van der Waals surface area contributed by atoms with Crippen LogP contribution in [0.1, 0.15) is 335 Å². The highest BCUT2D eigenvalue weighted by molar-refractivity contribution is 5.70. The van der Waals surface area contributed by atoms with E-state index in [0.29, 0.717) is 12.8 Å². The molecule has 0 amide bonds. The summed E-state index contributed by atoms with van der Waals surface area (Å²) in [6, 6.07) is 0. The van der Waals surface area contributed by atoms with Gasteiger partial charge >= 0.3 is 11.9 Å². The Morgan fingerprint density at radius 2 is 0.500 bits per heavy atom. The first-order valence-corrected chi connectivity index (χ1v) is 36.4. The lowest BCUT2D eigenvalue weighted by atomic mass is 10.0. The molecule has 0 heterocycles. The Labute approximate surface area is 533 Å². The summed E-state index contributed by atoms with van der Waals surface area (Å²) in [4.78, 5) is 24.7. The van der Waals surface area contributed by atoms with Gasteiger partial charge in [-0.25, -0.2) is 0 Å². The van der Waals surface area contributed by atoms with Crippen LogP contribution in [0.25, 0.3) is 0 Å². The number of allylic oxidation sites excluding steroid dienone is 24. The zero-order valence-electron chi connectivity index (χ0n) is 56.3. The third-order valence-corrected chi connectivity index (χ3v) is 15.6. The minimum atomic E-state index is -0.783. The van der Waals surface area contributed by atoms with Gasteiger partial charge in [-0.2, -0.15) is 0 Å². The topological polar surface area (TPSA) is 72.8 Å². The van der Waals surface area contributed by atoms with Gasteiger partial charge in [-0.3, -0.25) is 9.59 Å². The van der Waals surface area contributed by atoms with Crippen molar-refractivity contribution in [1.29, 1.82) is 0 Å². The summed E-state index contributed by atoms with van der Waals surface area (Å²) in [6.07, 6.45) is 113. The molecule has 490 valence electrons. The Bertz CT molecular complexity index is 1780. The zero-order chi connectivity index (χ0) is 61.9. The number of carbonyl (C=O) groups excluding carboxylic acids is 2. The lowest BCUT2D eigenvalue weighted by molar-refractivity contribution is -0.161. The third-order valence-electron chi connectivity index (χ3n) is 15.6. The Kier molecular flexibility index (Phi) is 71.3. The van der Waals surface area contributed by atoms with E-state index in [-0.39, 0.29) is 25.2 Å². The molecular weight excluding hydrogens is 1050 g/mol. The van der Waals surface area contributed by atoms with Crippen LogP contribution in [0.4, 0.5) is 0 Å². The summed E-state index contributed by atoms with van der Waals surface area (Å²) in [5, 5.41) is 9.71. The lowest BCUT2D eigenvalue weighted by Gasteiger charge is -2.15. The van der Waals surface area contributed by atoms with Crippen LogP contribution in [0.3, 0.4) is 0 Å². The fourth-order valence-corrected chi connectivity index (χ4v) is 10.2. The van der Waals surface area contributed by atoms with Crippen molar-refractivity contribution in [1.82, 2.24) is 0 Å². The average molecular weight is 1190 g/mol. The van der Waals surface area contributed by atoms with E-state index in [1.54, 1.807) is 0 Å². The number of unbranched alkanes of at least 4 members (excludes halogenated alkanes) is 34. The molecular formula is C81H136O5. The molecule has 5 nitrogen and oxygen atoms in total. The summed E-state index contributed by atoms with van der Waals surface area (Å²) in [5.74, 6) is -0.589. The molecule has 0 rings (SSSR count). The molecule has 0 aliphatic heterocycles. The van der Waals surface area contributed by atoms with Gasteiger partial charge in [0.05, 0.1) is 6.61 Å². The van der Waals surface area contributed by atoms with E-state index >= 15 is 0 Å². The van der Waals surface area contributed by atoms with Gasteiger partial charge in [0.2, 0.25) is 0 Å². The van der Waals surface area contributed by atoms with Crippen molar-refractivity contribution in [2.24, 2.45) is 0 Å².